The molecule has 74 valence electrons. The second-order valence-corrected chi connectivity index (χ2v) is 3.10. The van der Waals surface area contributed by atoms with Crippen molar-refractivity contribution in [2.24, 2.45) is 4.99 Å². The van der Waals surface area contributed by atoms with Crippen LogP contribution in [0.25, 0.3) is 0 Å². The average molecular weight is 179 g/mol. The van der Waals surface area contributed by atoms with E-state index < -0.39 is 0 Å². The highest BCUT2D eigenvalue weighted by atomic mass is 14.6. The van der Waals surface area contributed by atoms with Gasteiger partial charge in [-0.3, -0.25) is 4.99 Å². The summed E-state index contributed by atoms with van der Waals surface area (Å²) in [5.74, 6) is 0. The molecule has 1 heteroatoms. The number of hydrogen-bond donors (Lipinski definition) is 0. The van der Waals surface area contributed by atoms with Crippen LogP contribution in [-0.2, 0) is 0 Å². The second-order valence-electron chi connectivity index (χ2n) is 3.10. The lowest BCUT2D eigenvalue weighted by molar-refractivity contribution is 0.937. The fraction of sp³-hybridized carbons (Fsp3) is 0.583. The molecule has 0 unspecified atom stereocenters. The normalized spacial score (nSPS) is 13.3. The van der Waals surface area contributed by atoms with Gasteiger partial charge in [0.15, 0.2) is 0 Å². The van der Waals surface area contributed by atoms with Crippen molar-refractivity contribution in [3.63, 3.8) is 0 Å². The van der Waals surface area contributed by atoms with Crippen molar-refractivity contribution < 1.29 is 0 Å². The molecule has 0 spiro atoms. The SMILES string of the molecule is CCC/C=C/C=C(\C=NC)CCC. The van der Waals surface area contributed by atoms with E-state index in [0.717, 1.165) is 6.42 Å². The van der Waals surface area contributed by atoms with Crippen molar-refractivity contribution in [2.75, 3.05) is 7.05 Å². The summed E-state index contributed by atoms with van der Waals surface area (Å²) >= 11 is 0. The average Bonchev–Trinajstić information content (AvgIpc) is 2.13. The summed E-state index contributed by atoms with van der Waals surface area (Å²) in [6.07, 6.45) is 13.1. The molecule has 0 fully saturated rings. The van der Waals surface area contributed by atoms with Crippen LogP contribution >= 0.6 is 0 Å². The van der Waals surface area contributed by atoms with Crippen molar-refractivity contribution in [1.82, 2.24) is 0 Å². The summed E-state index contributed by atoms with van der Waals surface area (Å²) in [4.78, 5) is 4.03. The van der Waals surface area contributed by atoms with E-state index in [1.807, 2.05) is 13.3 Å². The predicted molar refractivity (Wildman–Crippen MR) is 61.5 cm³/mol. The molecule has 0 saturated carbocycles. The zero-order valence-electron chi connectivity index (χ0n) is 9.09. The summed E-state index contributed by atoms with van der Waals surface area (Å²) in [7, 11) is 1.82. The maximum absolute atomic E-state index is 4.03. The Bertz CT molecular complexity index is 187. The lowest BCUT2D eigenvalue weighted by Gasteiger charge is -1.95. The predicted octanol–water partition coefficient (Wildman–Crippen LogP) is 3.77. The number of allylic oxidation sites excluding steroid dienone is 4. The Kier molecular flexibility index (Phi) is 8.64. The monoisotopic (exact) mass is 179 g/mol. The first-order chi connectivity index (χ1) is 6.35. The third kappa shape index (κ3) is 7.51. The van der Waals surface area contributed by atoms with Gasteiger partial charge in [0.25, 0.3) is 0 Å². The van der Waals surface area contributed by atoms with E-state index in [9.17, 15) is 0 Å². The Morgan fingerprint density at radius 2 is 2.00 bits per heavy atom. The van der Waals surface area contributed by atoms with Crippen LogP contribution in [0.5, 0.6) is 0 Å². The van der Waals surface area contributed by atoms with Crippen LogP contribution in [0.3, 0.4) is 0 Å². The van der Waals surface area contributed by atoms with Crippen molar-refractivity contribution in [3.05, 3.63) is 23.8 Å². The highest BCUT2D eigenvalue weighted by molar-refractivity contribution is 5.78. The molecule has 0 bridgehead atoms. The second kappa shape index (κ2) is 9.24. The molecule has 0 N–H and O–H groups in total. The highest BCUT2D eigenvalue weighted by Crippen LogP contribution is 2.02. The van der Waals surface area contributed by atoms with Gasteiger partial charge in [0.2, 0.25) is 0 Å². The summed E-state index contributed by atoms with van der Waals surface area (Å²) in [6, 6.07) is 0. The number of hydrogen-bond acceptors (Lipinski definition) is 1. The Hall–Kier alpha value is -0.850. The molecule has 0 aliphatic heterocycles. The largest absolute Gasteiger partial charge is 0.296 e. The minimum absolute atomic E-state index is 1.12. The third-order valence-corrected chi connectivity index (χ3v) is 1.74. The van der Waals surface area contributed by atoms with Crippen LogP contribution < -0.4 is 0 Å². The maximum atomic E-state index is 4.03. The van der Waals surface area contributed by atoms with Gasteiger partial charge in [-0.1, -0.05) is 44.9 Å². The fourth-order valence-electron chi connectivity index (χ4n) is 1.10. The minimum Gasteiger partial charge on any atom is -0.296 e. The smallest absolute Gasteiger partial charge is 0.0277 e. The lowest BCUT2D eigenvalue weighted by atomic mass is 10.1. The van der Waals surface area contributed by atoms with Gasteiger partial charge in [-0.25, -0.2) is 0 Å². The summed E-state index contributed by atoms with van der Waals surface area (Å²) in [6.45, 7) is 4.38. The molecule has 0 aliphatic carbocycles. The number of nitrogens with zero attached hydrogens (tertiary/aromatic N) is 1. The van der Waals surface area contributed by atoms with E-state index in [0.29, 0.717) is 0 Å². The van der Waals surface area contributed by atoms with Crippen LogP contribution in [0.15, 0.2) is 28.8 Å². The first-order valence-electron chi connectivity index (χ1n) is 5.13. The molecule has 13 heavy (non-hydrogen) atoms. The van der Waals surface area contributed by atoms with Gasteiger partial charge >= 0.3 is 0 Å². The molecular weight excluding hydrogens is 158 g/mol. The molecule has 0 amide bonds. The molecule has 0 radical (unpaired) electrons. The van der Waals surface area contributed by atoms with Gasteiger partial charge in [0, 0.05) is 13.3 Å². The molecule has 0 rings (SSSR count). The van der Waals surface area contributed by atoms with E-state index >= 15 is 0 Å². The molecule has 0 saturated heterocycles. The van der Waals surface area contributed by atoms with Crippen molar-refractivity contribution >= 4 is 6.21 Å². The Labute approximate surface area is 82.3 Å². The molecule has 0 aromatic rings. The summed E-state index contributed by atoms with van der Waals surface area (Å²) in [5.41, 5.74) is 1.32. The van der Waals surface area contributed by atoms with Crippen LogP contribution in [0, 0.1) is 0 Å². The van der Waals surface area contributed by atoms with E-state index in [1.165, 1.54) is 24.8 Å². The van der Waals surface area contributed by atoms with Gasteiger partial charge in [-0.2, -0.15) is 0 Å². The molecular formula is C12H21N. The third-order valence-electron chi connectivity index (χ3n) is 1.74. The fourth-order valence-corrected chi connectivity index (χ4v) is 1.10. The van der Waals surface area contributed by atoms with Crippen LogP contribution in [-0.4, -0.2) is 13.3 Å². The zero-order chi connectivity index (χ0) is 9.94. The maximum Gasteiger partial charge on any atom is 0.0277 e. The quantitative estimate of drug-likeness (QED) is 0.435. The van der Waals surface area contributed by atoms with Crippen LogP contribution in [0.2, 0.25) is 0 Å². The van der Waals surface area contributed by atoms with Gasteiger partial charge in [-0.15, -0.1) is 0 Å². The van der Waals surface area contributed by atoms with Gasteiger partial charge in [0.1, 0.15) is 0 Å². The van der Waals surface area contributed by atoms with Gasteiger partial charge in [0.05, 0.1) is 0 Å². The summed E-state index contributed by atoms with van der Waals surface area (Å²) in [5, 5.41) is 0. The van der Waals surface area contributed by atoms with E-state index in [2.05, 4.69) is 37.1 Å². The molecule has 0 aliphatic rings. The number of aliphatic imine (C=N–C) groups is 1. The van der Waals surface area contributed by atoms with Crippen molar-refractivity contribution in [2.45, 2.75) is 39.5 Å². The van der Waals surface area contributed by atoms with E-state index in [4.69, 9.17) is 0 Å². The first kappa shape index (κ1) is 12.2. The topological polar surface area (TPSA) is 12.4 Å². The zero-order valence-corrected chi connectivity index (χ0v) is 9.09. The molecule has 1 nitrogen and oxygen atoms in total. The number of rotatable bonds is 6. The van der Waals surface area contributed by atoms with Crippen LogP contribution in [0.1, 0.15) is 39.5 Å². The van der Waals surface area contributed by atoms with E-state index in [1.54, 1.807) is 0 Å². The lowest BCUT2D eigenvalue weighted by Crippen LogP contribution is -1.83. The van der Waals surface area contributed by atoms with E-state index in [-0.39, 0.29) is 0 Å². The molecule has 0 heterocycles. The standard InChI is InChI=1S/C12H21N/c1-4-6-7-8-10-12(9-5-2)11-13-3/h7-8,10-11H,4-6,9H2,1-3H3/b8-7+,12-10-,13-11?. The number of unbranched alkanes of at least 4 members (excludes halogenated alkanes) is 1. The first-order valence-corrected chi connectivity index (χ1v) is 5.13. The van der Waals surface area contributed by atoms with Crippen LogP contribution in [0.4, 0.5) is 0 Å². The van der Waals surface area contributed by atoms with Gasteiger partial charge in [-0.05, 0) is 18.4 Å². The van der Waals surface area contributed by atoms with Crippen molar-refractivity contribution in [3.8, 4) is 0 Å². The Morgan fingerprint density at radius 3 is 2.54 bits per heavy atom. The Balaban J connectivity index is 4.02. The summed E-state index contributed by atoms with van der Waals surface area (Å²) < 4.78 is 0. The van der Waals surface area contributed by atoms with Crippen molar-refractivity contribution in [1.29, 1.82) is 0 Å². The molecule has 0 atom stereocenters. The van der Waals surface area contributed by atoms with Gasteiger partial charge < -0.3 is 0 Å². The Morgan fingerprint density at radius 1 is 1.23 bits per heavy atom. The highest BCUT2D eigenvalue weighted by Gasteiger charge is 1.87. The molecule has 0 aromatic heterocycles. The molecule has 0 aromatic carbocycles. The minimum atomic E-state index is 1.12.